The molecule has 1 aromatic heterocycles. The van der Waals surface area contributed by atoms with Gasteiger partial charge < -0.3 is 10.2 Å². The SMILES string of the molecule is CN1C(=O)NC2(CCN(c3ccc(C#N)nc3)C2)C1=O. The van der Waals surface area contributed by atoms with Crippen LogP contribution in [0.15, 0.2) is 18.3 Å². The summed E-state index contributed by atoms with van der Waals surface area (Å²) in [4.78, 5) is 30.9. The van der Waals surface area contributed by atoms with E-state index in [0.717, 1.165) is 10.6 Å². The lowest BCUT2D eigenvalue weighted by Gasteiger charge is -2.22. The normalized spacial score (nSPS) is 25.2. The van der Waals surface area contributed by atoms with Crippen molar-refractivity contribution in [2.75, 3.05) is 25.0 Å². The summed E-state index contributed by atoms with van der Waals surface area (Å²) in [6.07, 6.45) is 2.18. The number of urea groups is 1. The number of hydrogen-bond donors (Lipinski definition) is 1. The van der Waals surface area contributed by atoms with Crippen LogP contribution in [0.4, 0.5) is 10.5 Å². The number of anilines is 1. The summed E-state index contributed by atoms with van der Waals surface area (Å²) in [5, 5.41) is 11.5. The van der Waals surface area contributed by atoms with Gasteiger partial charge in [0.05, 0.1) is 18.4 Å². The highest BCUT2D eigenvalue weighted by atomic mass is 16.2. The molecule has 2 aliphatic heterocycles. The number of nitrogens with zero attached hydrogens (tertiary/aromatic N) is 4. The number of carbonyl (C=O) groups excluding carboxylic acids is 2. The topological polar surface area (TPSA) is 89.3 Å². The Bertz CT molecular complexity index is 621. The zero-order chi connectivity index (χ0) is 14.3. The molecular formula is C13H13N5O2. The van der Waals surface area contributed by atoms with Crippen molar-refractivity contribution >= 4 is 17.6 Å². The first-order chi connectivity index (χ1) is 9.55. The molecule has 0 bridgehead atoms. The van der Waals surface area contributed by atoms with Crippen LogP contribution in [-0.4, -0.2) is 47.5 Å². The predicted molar refractivity (Wildman–Crippen MR) is 69.8 cm³/mol. The fourth-order valence-electron chi connectivity index (χ4n) is 2.70. The summed E-state index contributed by atoms with van der Waals surface area (Å²) in [7, 11) is 1.48. The Morgan fingerprint density at radius 2 is 2.25 bits per heavy atom. The molecule has 20 heavy (non-hydrogen) atoms. The Hall–Kier alpha value is -2.62. The van der Waals surface area contributed by atoms with Crippen LogP contribution in [-0.2, 0) is 4.79 Å². The molecule has 0 saturated carbocycles. The first kappa shape index (κ1) is 12.4. The summed E-state index contributed by atoms with van der Waals surface area (Å²) in [5.74, 6) is -0.188. The van der Waals surface area contributed by atoms with Crippen molar-refractivity contribution in [2.24, 2.45) is 0 Å². The summed E-state index contributed by atoms with van der Waals surface area (Å²) in [6.45, 7) is 1.09. The number of amides is 3. The van der Waals surface area contributed by atoms with Crippen LogP contribution < -0.4 is 10.2 Å². The van der Waals surface area contributed by atoms with Crippen molar-refractivity contribution in [2.45, 2.75) is 12.0 Å². The number of nitriles is 1. The van der Waals surface area contributed by atoms with Crippen molar-refractivity contribution in [1.29, 1.82) is 5.26 Å². The highest BCUT2D eigenvalue weighted by molar-refractivity contribution is 6.07. The zero-order valence-corrected chi connectivity index (χ0v) is 11.0. The zero-order valence-electron chi connectivity index (χ0n) is 11.0. The summed E-state index contributed by atoms with van der Waals surface area (Å²) in [6, 6.07) is 5.05. The lowest BCUT2D eigenvalue weighted by atomic mass is 9.99. The summed E-state index contributed by atoms with van der Waals surface area (Å²) in [5.41, 5.74) is 0.379. The standard InChI is InChI=1S/C13H13N5O2/c1-17-11(19)13(16-12(17)20)4-5-18(8-13)10-3-2-9(6-14)15-7-10/h2-3,7H,4-5,8H2,1H3,(H,16,20). The smallest absolute Gasteiger partial charge is 0.324 e. The monoisotopic (exact) mass is 271 g/mol. The van der Waals surface area contributed by atoms with E-state index < -0.39 is 5.54 Å². The van der Waals surface area contributed by atoms with E-state index in [-0.39, 0.29) is 11.9 Å². The van der Waals surface area contributed by atoms with Gasteiger partial charge in [-0.1, -0.05) is 0 Å². The Labute approximate surface area is 115 Å². The minimum absolute atomic E-state index is 0.188. The maximum Gasteiger partial charge on any atom is 0.324 e. The van der Waals surface area contributed by atoms with E-state index in [1.165, 1.54) is 7.05 Å². The minimum atomic E-state index is -0.820. The molecule has 1 unspecified atom stereocenters. The molecule has 7 heteroatoms. The molecule has 1 N–H and O–H groups in total. The van der Waals surface area contributed by atoms with Crippen molar-refractivity contribution in [1.82, 2.24) is 15.2 Å². The van der Waals surface area contributed by atoms with E-state index in [2.05, 4.69) is 10.3 Å². The molecule has 3 rings (SSSR count). The molecule has 2 aliphatic rings. The van der Waals surface area contributed by atoms with Crippen molar-refractivity contribution in [3.63, 3.8) is 0 Å². The van der Waals surface area contributed by atoms with E-state index in [0.29, 0.717) is 25.2 Å². The Kier molecular flexibility index (Phi) is 2.61. The Morgan fingerprint density at radius 1 is 1.45 bits per heavy atom. The lowest BCUT2D eigenvalue weighted by Crippen LogP contribution is -2.49. The van der Waals surface area contributed by atoms with Gasteiger partial charge in [-0.2, -0.15) is 5.26 Å². The fourth-order valence-corrected chi connectivity index (χ4v) is 2.70. The van der Waals surface area contributed by atoms with Gasteiger partial charge in [-0.05, 0) is 18.6 Å². The number of pyridine rings is 1. The molecule has 3 amide bonds. The Morgan fingerprint density at radius 3 is 2.80 bits per heavy atom. The van der Waals surface area contributed by atoms with Gasteiger partial charge in [-0.25, -0.2) is 9.78 Å². The van der Waals surface area contributed by atoms with Gasteiger partial charge in [0.25, 0.3) is 5.91 Å². The molecular weight excluding hydrogens is 258 g/mol. The number of aromatic nitrogens is 1. The molecule has 2 fully saturated rings. The van der Waals surface area contributed by atoms with Crippen LogP contribution in [0.25, 0.3) is 0 Å². The average molecular weight is 271 g/mol. The molecule has 1 atom stereocenters. The average Bonchev–Trinajstić information content (AvgIpc) is 2.98. The third-order valence-corrected chi connectivity index (χ3v) is 3.86. The molecule has 2 saturated heterocycles. The molecule has 3 heterocycles. The molecule has 1 aromatic rings. The third-order valence-electron chi connectivity index (χ3n) is 3.86. The molecule has 0 aliphatic carbocycles. The van der Waals surface area contributed by atoms with E-state index in [4.69, 9.17) is 5.26 Å². The number of nitrogens with one attached hydrogen (secondary N) is 1. The van der Waals surface area contributed by atoms with Crippen molar-refractivity contribution in [3.05, 3.63) is 24.0 Å². The van der Waals surface area contributed by atoms with Gasteiger partial charge in [-0.3, -0.25) is 9.69 Å². The minimum Gasteiger partial charge on any atom is -0.367 e. The number of rotatable bonds is 1. The second-order valence-electron chi connectivity index (χ2n) is 5.06. The van der Waals surface area contributed by atoms with E-state index >= 15 is 0 Å². The van der Waals surface area contributed by atoms with Crippen LogP contribution in [0.3, 0.4) is 0 Å². The second kappa shape index (κ2) is 4.20. The highest BCUT2D eigenvalue weighted by Crippen LogP contribution is 2.30. The van der Waals surface area contributed by atoms with Gasteiger partial charge in [-0.15, -0.1) is 0 Å². The van der Waals surface area contributed by atoms with E-state index in [1.54, 1.807) is 18.3 Å². The third kappa shape index (κ3) is 1.69. The molecule has 102 valence electrons. The largest absolute Gasteiger partial charge is 0.367 e. The number of likely N-dealkylation sites (N-methyl/N-ethyl adjacent to an activating group) is 1. The van der Waals surface area contributed by atoms with Crippen LogP contribution >= 0.6 is 0 Å². The van der Waals surface area contributed by atoms with Gasteiger partial charge in [0.15, 0.2) is 0 Å². The van der Waals surface area contributed by atoms with Crippen LogP contribution in [0.2, 0.25) is 0 Å². The van der Waals surface area contributed by atoms with Crippen LogP contribution in [0, 0.1) is 11.3 Å². The highest BCUT2D eigenvalue weighted by Gasteiger charge is 2.53. The maximum absolute atomic E-state index is 12.2. The van der Waals surface area contributed by atoms with Crippen LogP contribution in [0.5, 0.6) is 0 Å². The van der Waals surface area contributed by atoms with Gasteiger partial charge in [0.1, 0.15) is 17.3 Å². The molecule has 0 radical (unpaired) electrons. The molecule has 0 aromatic carbocycles. The van der Waals surface area contributed by atoms with Gasteiger partial charge in [0.2, 0.25) is 0 Å². The number of hydrogen-bond acceptors (Lipinski definition) is 5. The molecule has 1 spiro atoms. The Balaban J connectivity index is 1.81. The van der Waals surface area contributed by atoms with E-state index in [9.17, 15) is 9.59 Å². The predicted octanol–water partition coefficient (Wildman–Crippen LogP) is 0.0838. The van der Waals surface area contributed by atoms with E-state index in [1.807, 2.05) is 11.0 Å². The van der Waals surface area contributed by atoms with Gasteiger partial charge >= 0.3 is 6.03 Å². The summed E-state index contributed by atoms with van der Waals surface area (Å²) < 4.78 is 0. The number of carbonyl (C=O) groups is 2. The fraction of sp³-hybridized carbons (Fsp3) is 0.385. The van der Waals surface area contributed by atoms with Gasteiger partial charge in [0, 0.05) is 13.6 Å². The first-order valence-corrected chi connectivity index (χ1v) is 6.27. The first-order valence-electron chi connectivity index (χ1n) is 6.27. The van der Waals surface area contributed by atoms with Crippen molar-refractivity contribution in [3.8, 4) is 6.07 Å². The number of imide groups is 1. The van der Waals surface area contributed by atoms with Crippen LogP contribution in [0.1, 0.15) is 12.1 Å². The summed E-state index contributed by atoms with van der Waals surface area (Å²) >= 11 is 0. The molecule has 7 nitrogen and oxygen atoms in total. The second-order valence-corrected chi connectivity index (χ2v) is 5.06. The quantitative estimate of drug-likeness (QED) is 0.731. The maximum atomic E-state index is 12.2. The lowest BCUT2D eigenvalue weighted by molar-refractivity contribution is -0.129. The van der Waals surface area contributed by atoms with Crippen molar-refractivity contribution < 1.29 is 9.59 Å².